The van der Waals surface area contributed by atoms with Gasteiger partial charge in [-0.25, -0.2) is 4.68 Å². The Morgan fingerprint density at radius 3 is 2.94 bits per heavy atom. The summed E-state index contributed by atoms with van der Waals surface area (Å²) in [5, 5.41) is 16.7. The van der Waals surface area contributed by atoms with Crippen LogP contribution in [0.25, 0.3) is 0 Å². The summed E-state index contributed by atoms with van der Waals surface area (Å²) in [7, 11) is 0. The van der Waals surface area contributed by atoms with Crippen LogP contribution >= 0.6 is 0 Å². The third-order valence-electron chi connectivity index (χ3n) is 2.23. The van der Waals surface area contributed by atoms with Crippen molar-refractivity contribution in [3.8, 4) is 0 Å². The maximum Gasteiger partial charge on any atom is 0.0849 e. The lowest BCUT2D eigenvalue weighted by Crippen LogP contribution is -2.01. The van der Waals surface area contributed by atoms with E-state index in [2.05, 4.69) is 15.3 Å². The molecule has 0 aliphatic heterocycles. The van der Waals surface area contributed by atoms with E-state index in [9.17, 15) is 0 Å². The highest BCUT2D eigenvalue weighted by molar-refractivity contribution is 5.04. The summed E-state index contributed by atoms with van der Waals surface area (Å²) in [4.78, 5) is 4.22. The maximum absolute atomic E-state index is 8.70. The Morgan fingerprint density at radius 1 is 1.25 bits per heavy atom. The zero-order valence-electron chi connectivity index (χ0n) is 8.95. The summed E-state index contributed by atoms with van der Waals surface area (Å²) in [5.41, 5.74) is 1.87. The van der Waals surface area contributed by atoms with Gasteiger partial charge in [0.15, 0.2) is 0 Å². The van der Waals surface area contributed by atoms with Crippen molar-refractivity contribution < 1.29 is 5.11 Å². The predicted octanol–water partition coefficient (Wildman–Crippen LogP) is 0.646. The fourth-order valence-electron chi connectivity index (χ4n) is 1.45. The number of aryl methyl sites for hydroxylation is 1. The van der Waals surface area contributed by atoms with E-state index >= 15 is 0 Å². The second-order valence-electron chi connectivity index (χ2n) is 3.56. The molecule has 0 saturated heterocycles. The Kier molecular flexibility index (Phi) is 3.61. The number of aliphatic hydroxyl groups is 1. The van der Waals surface area contributed by atoms with Crippen LogP contribution in [0.2, 0.25) is 0 Å². The molecule has 16 heavy (non-hydrogen) atoms. The number of hydrogen-bond acceptors (Lipinski definition) is 4. The summed E-state index contributed by atoms with van der Waals surface area (Å²) >= 11 is 0. The van der Waals surface area contributed by atoms with Crippen LogP contribution in [0, 0.1) is 0 Å². The molecule has 0 spiro atoms. The molecule has 84 valence electrons. The number of pyridine rings is 1. The Morgan fingerprint density at radius 2 is 2.19 bits per heavy atom. The molecular formula is C11H14N4O. The molecule has 0 bridgehead atoms. The van der Waals surface area contributed by atoms with Gasteiger partial charge >= 0.3 is 0 Å². The normalized spacial score (nSPS) is 10.6. The first-order valence-corrected chi connectivity index (χ1v) is 5.28. The van der Waals surface area contributed by atoms with Crippen LogP contribution in [0.4, 0.5) is 0 Å². The summed E-state index contributed by atoms with van der Waals surface area (Å²) < 4.78 is 1.76. The SMILES string of the molecule is OCCCc1cn(Cc2ccccn2)nn1. The van der Waals surface area contributed by atoms with Crippen molar-refractivity contribution in [2.45, 2.75) is 19.4 Å². The summed E-state index contributed by atoms with van der Waals surface area (Å²) in [6, 6.07) is 5.79. The van der Waals surface area contributed by atoms with E-state index in [1.165, 1.54) is 0 Å². The number of rotatable bonds is 5. The maximum atomic E-state index is 8.70. The standard InChI is InChI=1S/C11H14N4O/c16-7-3-5-11-9-15(14-13-11)8-10-4-1-2-6-12-10/h1-2,4,6,9,16H,3,5,7-8H2. The van der Waals surface area contributed by atoms with Crippen LogP contribution in [0.5, 0.6) is 0 Å². The van der Waals surface area contributed by atoms with Gasteiger partial charge in [-0.3, -0.25) is 4.98 Å². The second kappa shape index (κ2) is 5.37. The first-order valence-electron chi connectivity index (χ1n) is 5.28. The zero-order valence-corrected chi connectivity index (χ0v) is 8.95. The van der Waals surface area contributed by atoms with Crippen molar-refractivity contribution in [1.82, 2.24) is 20.0 Å². The van der Waals surface area contributed by atoms with Crippen LogP contribution in [0.1, 0.15) is 17.8 Å². The molecule has 0 fully saturated rings. The molecule has 0 aliphatic rings. The van der Waals surface area contributed by atoms with Gasteiger partial charge in [-0.2, -0.15) is 0 Å². The molecule has 1 N–H and O–H groups in total. The first-order chi connectivity index (χ1) is 7.88. The molecule has 0 atom stereocenters. The number of aliphatic hydroxyl groups excluding tert-OH is 1. The van der Waals surface area contributed by atoms with Gasteiger partial charge in [-0.05, 0) is 25.0 Å². The van der Waals surface area contributed by atoms with Crippen LogP contribution < -0.4 is 0 Å². The molecule has 0 aliphatic carbocycles. The minimum Gasteiger partial charge on any atom is -0.396 e. The van der Waals surface area contributed by atoms with Crippen LogP contribution in [0.3, 0.4) is 0 Å². The zero-order chi connectivity index (χ0) is 11.2. The molecular weight excluding hydrogens is 204 g/mol. The lowest BCUT2D eigenvalue weighted by molar-refractivity contribution is 0.288. The largest absolute Gasteiger partial charge is 0.396 e. The van der Waals surface area contributed by atoms with Crippen molar-refractivity contribution in [1.29, 1.82) is 0 Å². The van der Waals surface area contributed by atoms with E-state index in [1.807, 2.05) is 24.4 Å². The molecule has 5 nitrogen and oxygen atoms in total. The van der Waals surface area contributed by atoms with Crippen molar-refractivity contribution in [3.63, 3.8) is 0 Å². The minimum atomic E-state index is 0.188. The topological polar surface area (TPSA) is 63.8 Å². The lowest BCUT2D eigenvalue weighted by Gasteiger charge is -1.98. The molecule has 2 rings (SSSR count). The van der Waals surface area contributed by atoms with E-state index in [4.69, 9.17) is 5.11 Å². The van der Waals surface area contributed by atoms with Gasteiger partial charge < -0.3 is 5.11 Å². The Bertz CT molecular complexity index is 427. The van der Waals surface area contributed by atoms with Crippen LogP contribution in [-0.4, -0.2) is 31.7 Å². The van der Waals surface area contributed by atoms with Gasteiger partial charge in [0, 0.05) is 19.0 Å². The fraction of sp³-hybridized carbons (Fsp3) is 0.364. The van der Waals surface area contributed by atoms with E-state index in [1.54, 1.807) is 10.9 Å². The van der Waals surface area contributed by atoms with E-state index in [0.717, 1.165) is 24.2 Å². The monoisotopic (exact) mass is 218 g/mol. The average molecular weight is 218 g/mol. The van der Waals surface area contributed by atoms with E-state index in [0.29, 0.717) is 6.54 Å². The number of hydrogen-bond donors (Lipinski definition) is 1. The van der Waals surface area contributed by atoms with Gasteiger partial charge in [0.05, 0.1) is 17.9 Å². The van der Waals surface area contributed by atoms with Crippen molar-refractivity contribution in [2.24, 2.45) is 0 Å². The first kappa shape index (κ1) is 10.8. The Labute approximate surface area is 93.8 Å². The quantitative estimate of drug-likeness (QED) is 0.800. The highest BCUT2D eigenvalue weighted by atomic mass is 16.2. The van der Waals surface area contributed by atoms with Gasteiger partial charge in [0.1, 0.15) is 0 Å². The molecule has 5 heteroatoms. The third kappa shape index (κ3) is 2.87. The van der Waals surface area contributed by atoms with Crippen LogP contribution in [-0.2, 0) is 13.0 Å². The molecule has 0 amide bonds. The fourth-order valence-corrected chi connectivity index (χ4v) is 1.45. The highest BCUT2D eigenvalue weighted by Crippen LogP contribution is 2.01. The molecule has 0 radical (unpaired) electrons. The molecule has 0 unspecified atom stereocenters. The Balaban J connectivity index is 1.97. The number of nitrogens with zero attached hydrogens (tertiary/aromatic N) is 4. The number of aromatic nitrogens is 4. The van der Waals surface area contributed by atoms with E-state index in [-0.39, 0.29) is 6.61 Å². The van der Waals surface area contributed by atoms with Gasteiger partial charge in [-0.1, -0.05) is 11.3 Å². The van der Waals surface area contributed by atoms with Gasteiger partial charge in [0.25, 0.3) is 0 Å². The summed E-state index contributed by atoms with van der Waals surface area (Å²) in [5.74, 6) is 0. The molecule has 2 aromatic rings. The second-order valence-corrected chi connectivity index (χ2v) is 3.56. The van der Waals surface area contributed by atoms with Crippen molar-refractivity contribution in [3.05, 3.63) is 42.0 Å². The van der Waals surface area contributed by atoms with E-state index < -0.39 is 0 Å². The van der Waals surface area contributed by atoms with Crippen molar-refractivity contribution >= 4 is 0 Å². The minimum absolute atomic E-state index is 0.188. The summed E-state index contributed by atoms with van der Waals surface area (Å²) in [6.07, 6.45) is 5.14. The molecule has 0 saturated carbocycles. The van der Waals surface area contributed by atoms with Crippen LogP contribution in [0.15, 0.2) is 30.6 Å². The molecule has 2 heterocycles. The third-order valence-corrected chi connectivity index (χ3v) is 2.23. The summed E-state index contributed by atoms with van der Waals surface area (Å²) in [6.45, 7) is 0.820. The van der Waals surface area contributed by atoms with Crippen molar-refractivity contribution in [2.75, 3.05) is 6.61 Å². The lowest BCUT2D eigenvalue weighted by atomic mass is 10.2. The van der Waals surface area contributed by atoms with Gasteiger partial charge in [0.2, 0.25) is 0 Å². The Hall–Kier alpha value is -1.75. The molecule has 0 aromatic carbocycles. The molecule has 2 aromatic heterocycles. The van der Waals surface area contributed by atoms with Gasteiger partial charge in [-0.15, -0.1) is 5.10 Å². The highest BCUT2D eigenvalue weighted by Gasteiger charge is 2.01. The average Bonchev–Trinajstić information content (AvgIpc) is 2.75. The smallest absolute Gasteiger partial charge is 0.0849 e. The predicted molar refractivity (Wildman–Crippen MR) is 58.8 cm³/mol.